The first-order valence-electron chi connectivity index (χ1n) is 9.87. The van der Waals surface area contributed by atoms with E-state index in [1.54, 1.807) is 30.3 Å². The number of pyridine rings is 1. The van der Waals surface area contributed by atoms with Gasteiger partial charge in [-0.1, -0.05) is 12.1 Å². The van der Waals surface area contributed by atoms with Crippen molar-refractivity contribution in [2.45, 2.75) is 12.8 Å². The maximum Gasteiger partial charge on any atom is 0.416 e. The molecule has 0 aliphatic carbocycles. The highest BCUT2D eigenvalue weighted by atomic mass is 19.4. The van der Waals surface area contributed by atoms with E-state index in [-0.39, 0.29) is 23.7 Å². The molecule has 176 valence electrons. The number of carbonyl (C=O) groups excluding carboxylic acids is 2. The highest BCUT2D eigenvalue weighted by molar-refractivity contribution is 6.02. The third-order valence-corrected chi connectivity index (χ3v) is 4.50. The second kappa shape index (κ2) is 10.5. The topological polar surface area (TPSA) is 104 Å². The third-order valence-electron chi connectivity index (χ3n) is 4.50. The van der Waals surface area contributed by atoms with Crippen molar-refractivity contribution in [2.24, 2.45) is 5.73 Å². The molecule has 3 rings (SSSR count). The number of hydrogen-bond donors (Lipinski definition) is 2. The van der Waals surface area contributed by atoms with Gasteiger partial charge in [-0.3, -0.25) is 14.6 Å². The van der Waals surface area contributed by atoms with Gasteiger partial charge in [-0.25, -0.2) is 0 Å². The molecule has 2 amide bonds. The molecule has 1 aromatic heterocycles. The van der Waals surface area contributed by atoms with Crippen LogP contribution in [-0.2, 0) is 17.6 Å². The number of rotatable bonds is 8. The van der Waals surface area contributed by atoms with Crippen LogP contribution < -0.4 is 20.5 Å². The zero-order valence-electron chi connectivity index (χ0n) is 17.9. The SMILES string of the molecule is COc1cc(NC(=O)C=Cc2cccc(OCc3ccnc(C(N)=O)c3)c2)cc(C(F)(F)F)c1. The Morgan fingerprint density at radius 2 is 1.88 bits per heavy atom. The number of carbonyl (C=O) groups is 2. The van der Waals surface area contributed by atoms with Crippen molar-refractivity contribution < 1.29 is 32.2 Å². The van der Waals surface area contributed by atoms with Crippen molar-refractivity contribution in [3.05, 3.63) is 89.3 Å². The van der Waals surface area contributed by atoms with Crippen molar-refractivity contribution in [2.75, 3.05) is 12.4 Å². The van der Waals surface area contributed by atoms with Crippen molar-refractivity contribution in [1.29, 1.82) is 0 Å². The molecule has 2 aromatic carbocycles. The van der Waals surface area contributed by atoms with E-state index in [1.165, 1.54) is 37.6 Å². The first-order valence-corrected chi connectivity index (χ1v) is 9.87. The Balaban J connectivity index is 1.65. The molecule has 0 radical (unpaired) electrons. The molecule has 0 spiro atoms. The zero-order chi connectivity index (χ0) is 24.7. The summed E-state index contributed by atoms with van der Waals surface area (Å²) < 4.78 is 49.7. The minimum absolute atomic E-state index is 0.0314. The Bertz CT molecular complexity index is 1230. The first kappa shape index (κ1) is 24.3. The molecule has 0 aliphatic heterocycles. The predicted octanol–water partition coefficient (Wildman–Crippen LogP) is 4.44. The fraction of sp³-hybridized carbons (Fsp3) is 0.125. The summed E-state index contributed by atoms with van der Waals surface area (Å²) in [6.07, 6.45) is -0.447. The van der Waals surface area contributed by atoms with E-state index < -0.39 is 23.6 Å². The standard InChI is InChI=1S/C24H20F3N3O4/c1-33-20-12-17(24(25,26)27)11-18(13-20)30-22(31)6-5-15-3-2-4-19(9-15)34-14-16-7-8-29-21(10-16)23(28)32/h2-13H,14H2,1H3,(H2,28,32)(H,30,31). The monoisotopic (exact) mass is 471 g/mol. The number of primary amides is 1. The molecule has 0 unspecified atom stereocenters. The lowest BCUT2D eigenvalue weighted by Crippen LogP contribution is -2.13. The van der Waals surface area contributed by atoms with Gasteiger partial charge in [0.15, 0.2) is 0 Å². The number of amides is 2. The van der Waals surface area contributed by atoms with Gasteiger partial charge in [-0.15, -0.1) is 0 Å². The average Bonchev–Trinajstić information content (AvgIpc) is 2.81. The van der Waals surface area contributed by atoms with Gasteiger partial charge in [0.1, 0.15) is 23.8 Å². The molecule has 3 aromatic rings. The summed E-state index contributed by atoms with van der Waals surface area (Å²) in [5.74, 6) is -0.794. The Morgan fingerprint density at radius 3 is 2.59 bits per heavy atom. The Hall–Kier alpha value is -4.34. The number of nitrogens with zero attached hydrogens (tertiary/aromatic N) is 1. The van der Waals surface area contributed by atoms with Crippen LogP contribution in [0.25, 0.3) is 6.08 Å². The number of nitrogens with two attached hydrogens (primary N) is 1. The Morgan fingerprint density at radius 1 is 1.09 bits per heavy atom. The highest BCUT2D eigenvalue weighted by Gasteiger charge is 2.31. The number of hydrogen-bond acceptors (Lipinski definition) is 5. The maximum atomic E-state index is 13.0. The smallest absolute Gasteiger partial charge is 0.416 e. The summed E-state index contributed by atoms with van der Waals surface area (Å²) >= 11 is 0. The van der Waals surface area contributed by atoms with E-state index in [2.05, 4.69) is 10.3 Å². The summed E-state index contributed by atoms with van der Waals surface area (Å²) in [5.41, 5.74) is 5.68. The van der Waals surface area contributed by atoms with Crippen LogP contribution in [0.5, 0.6) is 11.5 Å². The second-order valence-electron chi connectivity index (χ2n) is 7.05. The van der Waals surface area contributed by atoms with E-state index in [9.17, 15) is 22.8 Å². The lowest BCUT2D eigenvalue weighted by Gasteiger charge is -2.12. The average molecular weight is 471 g/mol. The van der Waals surface area contributed by atoms with E-state index in [4.69, 9.17) is 15.2 Å². The molecule has 3 N–H and O–H groups in total. The van der Waals surface area contributed by atoms with Crippen molar-refractivity contribution >= 4 is 23.6 Å². The number of aromatic nitrogens is 1. The molecule has 0 saturated heterocycles. The fourth-order valence-electron chi connectivity index (χ4n) is 2.88. The van der Waals surface area contributed by atoms with Gasteiger partial charge in [0.2, 0.25) is 5.91 Å². The number of methoxy groups -OCH3 is 1. The Labute approximate surface area is 193 Å². The Kier molecular flexibility index (Phi) is 7.52. The van der Waals surface area contributed by atoms with Crippen LogP contribution in [0, 0.1) is 0 Å². The summed E-state index contributed by atoms with van der Waals surface area (Å²) in [7, 11) is 1.24. The van der Waals surface area contributed by atoms with Gasteiger partial charge in [0, 0.05) is 24.0 Å². The number of anilines is 1. The summed E-state index contributed by atoms with van der Waals surface area (Å²) in [6, 6.07) is 13.0. The maximum absolute atomic E-state index is 13.0. The van der Waals surface area contributed by atoms with Crippen molar-refractivity contribution in [3.63, 3.8) is 0 Å². The van der Waals surface area contributed by atoms with Crippen LogP contribution in [0.15, 0.2) is 66.9 Å². The van der Waals surface area contributed by atoms with Gasteiger partial charge < -0.3 is 20.5 Å². The van der Waals surface area contributed by atoms with Crippen LogP contribution in [0.2, 0.25) is 0 Å². The number of nitrogens with one attached hydrogen (secondary N) is 1. The van der Waals surface area contributed by atoms with Gasteiger partial charge in [-0.05, 0) is 53.6 Å². The first-order chi connectivity index (χ1) is 16.1. The molecule has 34 heavy (non-hydrogen) atoms. The third kappa shape index (κ3) is 6.83. The molecular weight excluding hydrogens is 451 g/mol. The van der Waals surface area contributed by atoms with Gasteiger partial charge in [-0.2, -0.15) is 13.2 Å². The molecular formula is C24H20F3N3O4. The van der Waals surface area contributed by atoms with Crippen molar-refractivity contribution in [1.82, 2.24) is 4.98 Å². The molecule has 7 nitrogen and oxygen atoms in total. The van der Waals surface area contributed by atoms with E-state index in [0.29, 0.717) is 16.9 Å². The van der Waals surface area contributed by atoms with Gasteiger partial charge in [0.25, 0.3) is 5.91 Å². The van der Waals surface area contributed by atoms with Gasteiger partial charge in [0.05, 0.1) is 12.7 Å². The summed E-state index contributed by atoms with van der Waals surface area (Å²) in [5, 5.41) is 2.39. The summed E-state index contributed by atoms with van der Waals surface area (Å²) in [6.45, 7) is 0.161. The molecule has 1 heterocycles. The largest absolute Gasteiger partial charge is 0.497 e. The lowest BCUT2D eigenvalue weighted by atomic mass is 10.1. The second-order valence-corrected chi connectivity index (χ2v) is 7.05. The lowest BCUT2D eigenvalue weighted by molar-refractivity contribution is -0.137. The summed E-state index contributed by atoms with van der Waals surface area (Å²) in [4.78, 5) is 27.3. The minimum Gasteiger partial charge on any atom is -0.497 e. The van der Waals surface area contributed by atoms with Crippen LogP contribution in [-0.4, -0.2) is 23.9 Å². The number of benzene rings is 2. The number of halogens is 3. The molecule has 10 heteroatoms. The highest BCUT2D eigenvalue weighted by Crippen LogP contribution is 2.34. The molecule has 0 atom stereocenters. The van der Waals surface area contributed by atoms with Crippen LogP contribution in [0.4, 0.5) is 18.9 Å². The van der Waals surface area contributed by atoms with E-state index in [0.717, 1.165) is 12.1 Å². The number of ether oxygens (including phenoxy) is 2. The predicted molar refractivity (Wildman–Crippen MR) is 119 cm³/mol. The van der Waals surface area contributed by atoms with Crippen LogP contribution >= 0.6 is 0 Å². The molecule has 0 aliphatic rings. The molecule has 0 saturated carbocycles. The number of alkyl halides is 3. The van der Waals surface area contributed by atoms with Gasteiger partial charge >= 0.3 is 6.18 Å². The van der Waals surface area contributed by atoms with Crippen LogP contribution in [0.3, 0.4) is 0 Å². The van der Waals surface area contributed by atoms with Crippen LogP contribution in [0.1, 0.15) is 27.2 Å². The quantitative estimate of drug-likeness (QED) is 0.473. The molecule has 0 bridgehead atoms. The normalized spacial score (nSPS) is 11.3. The van der Waals surface area contributed by atoms with E-state index in [1.807, 2.05) is 0 Å². The molecule has 0 fully saturated rings. The van der Waals surface area contributed by atoms with Crippen molar-refractivity contribution in [3.8, 4) is 11.5 Å². The van der Waals surface area contributed by atoms with E-state index >= 15 is 0 Å². The zero-order valence-corrected chi connectivity index (χ0v) is 17.9. The fourth-order valence-corrected chi connectivity index (χ4v) is 2.88. The minimum atomic E-state index is -4.58.